The summed E-state index contributed by atoms with van der Waals surface area (Å²) in [5.41, 5.74) is 0.344. The first-order valence-electron chi connectivity index (χ1n) is 6.45. The van der Waals surface area contributed by atoms with E-state index in [0.717, 1.165) is 13.1 Å². The number of rotatable bonds is 4. The molecule has 0 spiro atoms. The van der Waals surface area contributed by atoms with E-state index >= 15 is 0 Å². The first-order valence-corrected chi connectivity index (χ1v) is 6.83. The topological polar surface area (TPSA) is 41.1 Å². The molecule has 1 saturated heterocycles. The van der Waals surface area contributed by atoms with Crippen LogP contribution in [-0.2, 0) is 4.79 Å². The molecule has 2 atom stereocenters. The van der Waals surface area contributed by atoms with E-state index in [1.165, 1.54) is 6.07 Å². The lowest BCUT2D eigenvalue weighted by atomic mass is 9.88. The molecule has 1 amide bonds. The molecule has 0 radical (unpaired) electrons. The van der Waals surface area contributed by atoms with Gasteiger partial charge in [0.2, 0.25) is 5.91 Å². The Hall–Kier alpha value is -0.840. The van der Waals surface area contributed by atoms with Gasteiger partial charge in [-0.15, -0.1) is 12.4 Å². The maximum Gasteiger partial charge on any atom is 0.223 e. The average molecular weight is 321 g/mol. The molecule has 1 aromatic rings. The summed E-state index contributed by atoms with van der Waals surface area (Å²) >= 11 is 5.99. The highest BCUT2D eigenvalue weighted by atomic mass is 35.5. The summed E-state index contributed by atoms with van der Waals surface area (Å²) in [6.07, 6.45) is 0. The lowest BCUT2D eigenvalue weighted by Gasteiger charge is -2.32. The standard InChI is InChI=1S/C14H18ClFN2O.ClH/c1-8(10-6-17-7-10)14(19)18-9(2)13-11(15)4-3-5-12(13)16;/h3-5,8-10,17H,6-7H2,1-2H3,(H,18,19);1H. The van der Waals surface area contributed by atoms with E-state index in [2.05, 4.69) is 10.6 Å². The lowest BCUT2D eigenvalue weighted by molar-refractivity contribution is -0.127. The molecule has 112 valence electrons. The van der Waals surface area contributed by atoms with Crippen LogP contribution in [0.25, 0.3) is 0 Å². The summed E-state index contributed by atoms with van der Waals surface area (Å²) in [5, 5.41) is 6.31. The highest BCUT2D eigenvalue weighted by Crippen LogP contribution is 2.26. The number of halogens is 3. The number of amides is 1. The van der Waals surface area contributed by atoms with Gasteiger partial charge in [0.25, 0.3) is 0 Å². The number of hydrogen-bond acceptors (Lipinski definition) is 2. The molecule has 0 saturated carbocycles. The van der Waals surface area contributed by atoms with Crippen LogP contribution in [-0.4, -0.2) is 19.0 Å². The fraction of sp³-hybridized carbons (Fsp3) is 0.500. The molecular weight excluding hydrogens is 302 g/mol. The van der Waals surface area contributed by atoms with Crippen molar-refractivity contribution >= 4 is 29.9 Å². The monoisotopic (exact) mass is 320 g/mol. The second kappa shape index (κ2) is 7.25. The van der Waals surface area contributed by atoms with E-state index < -0.39 is 11.9 Å². The molecule has 2 unspecified atom stereocenters. The normalized spacial score (nSPS) is 17.6. The first kappa shape index (κ1) is 17.2. The van der Waals surface area contributed by atoms with Crippen molar-refractivity contribution in [3.63, 3.8) is 0 Å². The van der Waals surface area contributed by atoms with Crippen LogP contribution in [0.15, 0.2) is 18.2 Å². The molecule has 2 rings (SSSR count). The summed E-state index contributed by atoms with van der Waals surface area (Å²) in [6.45, 7) is 5.37. The van der Waals surface area contributed by atoms with Gasteiger partial charge in [0.1, 0.15) is 5.82 Å². The van der Waals surface area contributed by atoms with Crippen molar-refractivity contribution in [2.75, 3.05) is 13.1 Å². The Bertz CT molecular complexity index is 460. The zero-order valence-corrected chi connectivity index (χ0v) is 13.0. The van der Waals surface area contributed by atoms with Crippen molar-refractivity contribution in [2.45, 2.75) is 19.9 Å². The molecule has 0 bridgehead atoms. The van der Waals surface area contributed by atoms with Gasteiger partial charge in [0.15, 0.2) is 0 Å². The maximum atomic E-state index is 13.7. The van der Waals surface area contributed by atoms with Crippen LogP contribution >= 0.6 is 24.0 Å². The smallest absolute Gasteiger partial charge is 0.223 e. The Morgan fingerprint density at radius 1 is 1.45 bits per heavy atom. The zero-order chi connectivity index (χ0) is 14.0. The SMILES string of the molecule is CC(NC(=O)C(C)C1CNC1)c1c(F)cccc1Cl.Cl. The van der Waals surface area contributed by atoms with Gasteiger partial charge in [0, 0.05) is 16.5 Å². The van der Waals surface area contributed by atoms with Gasteiger partial charge in [-0.3, -0.25) is 4.79 Å². The first-order chi connectivity index (χ1) is 9.00. The molecule has 2 N–H and O–H groups in total. The van der Waals surface area contributed by atoms with Gasteiger partial charge in [-0.05, 0) is 38.1 Å². The van der Waals surface area contributed by atoms with Gasteiger partial charge in [-0.25, -0.2) is 4.39 Å². The average Bonchev–Trinajstić information content (AvgIpc) is 2.26. The summed E-state index contributed by atoms with van der Waals surface area (Å²) in [7, 11) is 0. The maximum absolute atomic E-state index is 13.7. The van der Waals surface area contributed by atoms with Crippen molar-refractivity contribution in [3.05, 3.63) is 34.6 Å². The number of carbonyl (C=O) groups excluding carboxylic acids is 1. The van der Waals surface area contributed by atoms with Crippen LogP contribution < -0.4 is 10.6 Å². The molecule has 6 heteroatoms. The molecule has 20 heavy (non-hydrogen) atoms. The number of carbonyl (C=O) groups is 1. The Morgan fingerprint density at radius 3 is 2.60 bits per heavy atom. The fourth-order valence-corrected chi connectivity index (χ4v) is 2.55. The largest absolute Gasteiger partial charge is 0.349 e. The van der Waals surface area contributed by atoms with E-state index in [-0.39, 0.29) is 24.2 Å². The predicted molar refractivity (Wildman–Crippen MR) is 80.7 cm³/mol. The van der Waals surface area contributed by atoms with Crippen molar-refractivity contribution in [3.8, 4) is 0 Å². The van der Waals surface area contributed by atoms with Crippen molar-refractivity contribution in [2.24, 2.45) is 11.8 Å². The summed E-state index contributed by atoms with van der Waals surface area (Å²) in [6, 6.07) is 4.10. The van der Waals surface area contributed by atoms with Crippen molar-refractivity contribution < 1.29 is 9.18 Å². The number of benzene rings is 1. The molecule has 1 fully saturated rings. The van der Waals surface area contributed by atoms with Gasteiger partial charge < -0.3 is 10.6 Å². The third-order valence-corrected chi connectivity index (χ3v) is 4.05. The third-order valence-electron chi connectivity index (χ3n) is 3.73. The van der Waals surface area contributed by atoms with Crippen LogP contribution in [0.4, 0.5) is 4.39 Å². The van der Waals surface area contributed by atoms with Gasteiger partial charge in [0.05, 0.1) is 6.04 Å². The molecule has 1 heterocycles. The van der Waals surface area contributed by atoms with Crippen molar-refractivity contribution in [1.82, 2.24) is 10.6 Å². The Morgan fingerprint density at radius 2 is 2.10 bits per heavy atom. The molecular formula is C14H19Cl2FN2O. The highest BCUT2D eigenvalue weighted by molar-refractivity contribution is 6.31. The van der Waals surface area contributed by atoms with E-state index in [1.54, 1.807) is 19.1 Å². The Kier molecular flexibility index (Phi) is 6.24. The molecule has 0 aromatic heterocycles. The van der Waals surface area contributed by atoms with Crippen LogP contribution in [0, 0.1) is 17.7 Å². The Labute approximate surface area is 129 Å². The van der Waals surface area contributed by atoms with Gasteiger partial charge in [-0.2, -0.15) is 0 Å². The second-order valence-electron chi connectivity index (χ2n) is 5.07. The minimum Gasteiger partial charge on any atom is -0.349 e. The van der Waals surface area contributed by atoms with Crippen LogP contribution in [0.1, 0.15) is 25.5 Å². The fourth-order valence-electron chi connectivity index (χ4n) is 2.22. The van der Waals surface area contributed by atoms with Gasteiger partial charge in [-0.1, -0.05) is 24.6 Å². The quantitative estimate of drug-likeness (QED) is 0.895. The summed E-state index contributed by atoms with van der Waals surface area (Å²) in [5.74, 6) is -0.158. The van der Waals surface area contributed by atoms with E-state index in [4.69, 9.17) is 11.6 Å². The molecule has 0 aliphatic carbocycles. The molecule has 1 aliphatic rings. The minimum absolute atomic E-state index is 0. The zero-order valence-electron chi connectivity index (χ0n) is 11.5. The minimum atomic E-state index is -0.434. The lowest BCUT2D eigenvalue weighted by Crippen LogP contribution is -2.49. The van der Waals surface area contributed by atoms with Crippen LogP contribution in [0.3, 0.4) is 0 Å². The van der Waals surface area contributed by atoms with E-state index in [9.17, 15) is 9.18 Å². The Balaban J connectivity index is 0.00000200. The highest BCUT2D eigenvalue weighted by Gasteiger charge is 2.29. The van der Waals surface area contributed by atoms with E-state index in [1.807, 2.05) is 6.92 Å². The van der Waals surface area contributed by atoms with Crippen molar-refractivity contribution in [1.29, 1.82) is 0 Å². The van der Waals surface area contributed by atoms with Gasteiger partial charge >= 0.3 is 0 Å². The molecule has 3 nitrogen and oxygen atoms in total. The summed E-state index contributed by atoms with van der Waals surface area (Å²) in [4.78, 5) is 12.1. The molecule has 1 aliphatic heterocycles. The van der Waals surface area contributed by atoms with E-state index in [0.29, 0.717) is 16.5 Å². The van der Waals surface area contributed by atoms with Crippen LogP contribution in [0.2, 0.25) is 5.02 Å². The molecule has 1 aromatic carbocycles. The predicted octanol–water partition coefficient (Wildman–Crippen LogP) is 2.93. The second-order valence-corrected chi connectivity index (χ2v) is 5.48. The third kappa shape index (κ3) is 3.62. The van der Waals surface area contributed by atoms with Crippen LogP contribution in [0.5, 0.6) is 0 Å². The summed E-state index contributed by atoms with van der Waals surface area (Å²) < 4.78 is 13.7. The number of nitrogens with one attached hydrogen (secondary N) is 2. The number of hydrogen-bond donors (Lipinski definition) is 2.